The van der Waals surface area contributed by atoms with Gasteiger partial charge in [0.05, 0.1) is 19.3 Å². The number of carbonyl (C=O) groups excluding carboxylic acids is 1. The first-order valence-electron chi connectivity index (χ1n) is 9.82. The monoisotopic (exact) mass is 502 g/mol. The van der Waals surface area contributed by atoms with E-state index in [4.69, 9.17) is 9.47 Å². The van der Waals surface area contributed by atoms with E-state index in [2.05, 4.69) is 39.1 Å². The average molecular weight is 502 g/mol. The molecule has 1 unspecified atom stereocenters. The Kier molecular flexibility index (Phi) is 9.14. The number of ether oxygens (including phenoxy) is 2. The first-order valence-corrected chi connectivity index (χ1v) is 9.82. The van der Waals surface area contributed by atoms with Crippen molar-refractivity contribution in [3.8, 4) is 5.75 Å². The Morgan fingerprint density at radius 1 is 1.36 bits per heavy atom. The van der Waals surface area contributed by atoms with E-state index >= 15 is 0 Å². The molecule has 0 saturated heterocycles. The SMILES string of the molecule is CCOC(=O)NC(CNC(=NC)NCCc1ccc2c(c1)CCO2)C1CC1.I. The van der Waals surface area contributed by atoms with Gasteiger partial charge in [-0.2, -0.15) is 0 Å². The highest BCUT2D eigenvalue weighted by Gasteiger charge is 2.32. The normalized spacial score (nSPS) is 16.3. The zero-order valence-electron chi connectivity index (χ0n) is 16.6. The molecule has 1 aromatic carbocycles. The molecule has 156 valence electrons. The summed E-state index contributed by atoms with van der Waals surface area (Å²) in [6.07, 6.45) is 3.86. The molecule has 0 bridgehead atoms. The van der Waals surface area contributed by atoms with Crippen LogP contribution in [0.3, 0.4) is 0 Å². The topological polar surface area (TPSA) is 84.0 Å². The quantitative estimate of drug-likeness (QED) is 0.289. The molecule has 28 heavy (non-hydrogen) atoms. The van der Waals surface area contributed by atoms with Gasteiger partial charge in [-0.1, -0.05) is 12.1 Å². The molecule has 1 saturated carbocycles. The number of guanidine groups is 1. The second-order valence-electron chi connectivity index (χ2n) is 6.98. The van der Waals surface area contributed by atoms with Crippen LogP contribution in [0.5, 0.6) is 5.75 Å². The predicted molar refractivity (Wildman–Crippen MR) is 121 cm³/mol. The summed E-state index contributed by atoms with van der Waals surface area (Å²) in [6, 6.07) is 6.48. The zero-order valence-corrected chi connectivity index (χ0v) is 19.0. The van der Waals surface area contributed by atoms with Crippen LogP contribution in [-0.4, -0.2) is 51.4 Å². The minimum Gasteiger partial charge on any atom is -0.493 e. The third kappa shape index (κ3) is 6.72. The molecule has 1 amide bonds. The van der Waals surface area contributed by atoms with E-state index < -0.39 is 0 Å². The largest absolute Gasteiger partial charge is 0.493 e. The summed E-state index contributed by atoms with van der Waals surface area (Å²) in [5.41, 5.74) is 2.59. The van der Waals surface area contributed by atoms with Crippen LogP contribution in [0.15, 0.2) is 23.2 Å². The van der Waals surface area contributed by atoms with Crippen LogP contribution in [0, 0.1) is 5.92 Å². The fraction of sp³-hybridized carbons (Fsp3) is 0.600. The highest BCUT2D eigenvalue weighted by Crippen LogP contribution is 2.32. The van der Waals surface area contributed by atoms with Gasteiger partial charge in [-0.25, -0.2) is 4.79 Å². The van der Waals surface area contributed by atoms with Crippen LogP contribution in [0.4, 0.5) is 4.79 Å². The highest BCUT2D eigenvalue weighted by atomic mass is 127. The summed E-state index contributed by atoms with van der Waals surface area (Å²) in [7, 11) is 1.76. The number of aliphatic imine (C=N–C) groups is 1. The molecule has 1 fully saturated rings. The Labute approximate surface area is 184 Å². The zero-order chi connectivity index (χ0) is 19.1. The lowest BCUT2D eigenvalue weighted by molar-refractivity contribution is 0.146. The number of nitrogens with one attached hydrogen (secondary N) is 3. The van der Waals surface area contributed by atoms with E-state index in [1.165, 1.54) is 11.1 Å². The van der Waals surface area contributed by atoms with Gasteiger partial charge in [-0.15, -0.1) is 24.0 Å². The smallest absolute Gasteiger partial charge is 0.407 e. The van der Waals surface area contributed by atoms with Gasteiger partial charge < -0.3 is 25.4 Å². The summed E-state index contributed by atoms with van der Waals surface area (Å²) in [6.45, 7) is 4.41. The van der Waals surface area contributed by atoms with Gasteiger partial charge in [0.25, 0.3) is 0 Å². The van der Waals surface area contributed by atoms with E-state index in [1.807, 2.05) is 6.92 Å². The third-order valence-electron chi connectivity index (χ3n) is 4.94. The summed E-state index contributed by atoms with van der Waals surface area (Å²) < 4.78 is 10.5. The second kappa shape index (κ2) is 11.3. The standard InChI is InChI=1S/C20H30N4O3.HI/c1-3-26-20(25)24-17(15-5-6-15)13-23-19(21-2)22-10-8-14-4-7-18-16(12-14)9-11-27-18;/h4,7,12,15,17H,3,5-6,8-11,13H2,1-2H3,(H,24,25)(H2,21,22,23);1H. The van der Waals surface area contributed by atoms with Gasteiger partial charge in [0.1, 0.15) is 5.75 Å². The van der Waals surface area contributed by atoms with E-state index in [9.17, 15) is 4.79 Å². The maximum Gasteiger partial charge on any atom is 0.407 e. The lowest BCUT2D eigenvalue weighted by Gasteiger charge is -2.20. The van der Waals surface area contributed by atoms with Crippen molar-refractivity contribution in [1.29, 1.82) is 0 Å². The first-order chi connectivity index (χ1) is 13.2. The van der Waals surface area contributed by atoms with Crippen molar-refractivity contribution in [1.82, 2.24) is 16.0 Å². The summed E-state index contributed by atoms with van der Waals surface area (Å²) in [4.78, 5) is 16.0. The summed E-state index contributed by atoms with van der Waals surface area (Å²) in [5.74, 6) is 2.29. The number of carbonyl (C=O) groups is 1. The molecule has 0 aromatic heterocycles. The van der Waals surface area contributed by atoms with Gasteiger partial charge in [-0.05, 0) is 49.3 Å². The molecule has 2 aliphatic rings. The number of nitrogens with zero attached hydrogens (tertiary/aromatic N) is 1. The first kappa shape index (κ1) is 22.6. The van der Waals surface area contributed by atoms with E-state index in [0.29, 0.717) is 19.1 Å². The third-order valence-corrected chi connectivity index (χ3v) is 4.94. The fourth-order valence-electron chi connectivity index (χ4n) is 3.31. The second-order valence-corrected chi connectivity index (χ2v) is 6.98. The molecule has 3 rings (SSSR count). The molecule has 8 heteroatoms. The van der Waals surface area contributed by atoms with Crippen LogP contribution in [0.1, 0.15) is 30.9 Å². The predicted octanol–water partition coefficient (Wildman–Crippen LogP) is 2.47. The van der Waals surface area contributed by atoms with Gasteiger partial charge in [0.15, 0.2) is 5.96 Å². The lowest BCUT2D eigenvalue weighted by Crippen LogP contribution is -2.48. The minimum atomic E-state index is -0.347. The van der Waals surface area contributed by atoms with Crippen molar-refractivity contribution in [2.75, 3.05) is 33.4 Å². The Bertz CT molecular complexity index is 679. The van der Waals surface area contributed by atoms with Gasteiger partial charge >= 0.3 is 6.09 Å². The van der Waals surface area contributed by atoms with E-state index in [-0.39, 0.29) is 36.1 Å². The van der Waals surface area contributed by atoms with Crippen molar-refractivity contribution < 1.29 is 14.3 Å². The van der Waals surface area contributed by atoms with Crippen molar-refractivity contribution in [2.24, 2.45) is 10.9 Å². The number of halogens is 1. The molecule has 1 aromatic rings. The van der Waals surface area contributed by atoms with Gasteiger partial charge in [0.2, 0.25) is 0 Å². The number of hydrogen-bond acceptors (Lipinski definition) is 4. The number of fused-ring (bicyclic) bond motifs is 1. The maximum atomic E-state index is 11.7. The highest BCUT2D eigenvalue weighted by molar-refractivity contribution is 14.0. The number of benzene rings is 1. The van der Waals surface area contributed by atoms with E-state index in [1.54, 1.807) is 7.05 Å². The number of hydrogen-bond donors (Lipinski definition) is 3. The van der Waals surface area contributed by atoms with Crippen molar-refractivity contribution in [3.63, 3.8) is 0 Å². The molecule has 3 N–H and O–H groups in total. The molecule has 7 nitrogen and oxygen atoms in total. The molecule has 1 aliphatic carbocycles. The molecule has 1 heterocycles. The molecule has 1 aliphatic heterocycles. The van der Waals surface area contributed by atoms with Gasteiger partial charge in [-0.3, -0.25) is 4.99 Å². The number of amides is 1. The van der Waals surface area contributed by atoms with Crippen LogP contribution >= 0.6 is 24.0 Å². The van der Waals surface area contributed by atoms with Crippen molar-refractivity contribution in [3.05, 3.63) is 29.3 Å². The Hall–Kier alpha value is -1.71. The number of alkyl carbamates (subject to hydrolysis) is 1. The fourth-order valence-corrected chi connectivity index (χ4v) is 3.31. The molecule has 0 spiro atoms. The Morgan fingerprint density at radius 2 is 2.18 bits per heavy atom. The summed E-state index contributed by atoms with van der Waals surface area (Å²) >= 11 is 0. The lowest BCUT2D eigenvalue weighted by atomic mass is 10.1. The summed E-state index contributed by atoms with van der Waals surface area (Å²) in [5, 5.41) is 9.60. The number of rotatable bonds is 8. The molecular formula is C20H31IN4O3. The molecular weight excluding hydrogens is 471 g/mol. The van der Waals surface area contributed by atoms with Crippen LogP contribution in [0.2, 0.25) is 0 Å². The molecule has 1 atom stereocenters. The van der Waals surface area contributed by atoms with Crippen molar-refractivity contribution >= 4 is 36.0 Å². The van der Waals surface area contributed by atoms with Crippen molar-refractivity contribution in [2.45, 2.75) is 38.6 Å². The van der Waals surface area contributed by atoms with E-state index in [0.717, 1.165) is 50.5 Å². The van der Waals surface area contributed by atoms with Gasteiger partial charge in [0, 0.05) is 26.6 Å². The van der Waals surface area contributed by atoms with Crippen LogP contribution in [-0.2, 0) is 17.6 Å². The maximum absolute atomic E-state index is 11.7. The minimum absolute atomic E-state index is 0. The average Bonchev–Trinajstić information content (AvgIpc) is 3.41. The molecule has 0 radical (unpaired) electrons. The Morgan fingerprint density at radius 3 is 2.89 bits per heavy atom. The Balaban J connectivity index is 0.00000280. The van der Waals surface area contributed by atoms with Crippen LogP contribution < -0.4 is 20.7 Å². The van der Waals surface area contributed by atoms with Crippen LogP contribution in [0.25, 0.3) is 0 Å².